The van der Waals surface area contributed by atoms with Crippen molar-refractivity contribution < 1.29 is 0 Å². The third-order valence-electron chi connectivity index (χ3n) is 8.90. The Bertz CT molecular complexity index is 450. The molecule has 0 aromatic heterocycles. The first-order valence-corrected chi connectivity index (χ1v) is 24.2. The van der Waals surface area contributed by atoms with Crippen molar-refractivity contribution in [1.82, 2.24) is 0 Å². The summed E-state index contributed by atoms with van der Waals surface area (Å²) >= 11 is 9.92. The second-order valence-corrected chi connectivity index (χ2v) is 21.6. The van der Waals surface area contributed by atoms with Crippen LogP contribution in [0.4, 0.5) is 0 Å². The molecule has 0 unspecified atom stereocenters. The third-order valence-corrected chi connectivity index (χ3v) is 11.6. The highest BCUT2D eigenvalue weighted by atomic mass is 79.9. The minimum atomic E-state index is -1.31. The van der Waals surface area contributed by atoms with Gasteiger partial charge in [-0.25, -0.2) is 0 Å². The van der Waals surface area contributed by atoms with E-state index in [4.69, 9.17) is 11.1 Å². The Morgan fingerprint density at radius 1 is 0.300 bits per heavy atom. The topological polar surface area (TPSA) is 0 Å². The Morgan fingerprint density at radius 3 is 0.600 bits per heavy atom. The van der Waals surface area contributed by atoms with Crippen LogP contribution in [0.3, 0.4) is 0 Å². The van der Waals surface area contributed by atoms with Crippen molar-refractivity contribution in [2.45, 2.75) is 231 Å². The summed E-state index contributed by atoms with van der Waals surface area (Å²) in [4.78, 5) is 0. The second-order valence-electron chi connectivity index (χ2n) is 13.8. The molecule has 0 saturated heterocycles. The van der Waals surface area contributed by atoms with Crippen molar-refractivity contribution in [1.29, 1.82) is 0 Å². The monoisotopic (exact) mass is 662 g/mol. The standard InChI is InChI=1S/C37H76BrClSi/c1-40(2,39)37-35-33-31-29-27-25-23-21-19-17-15-13-11-9-7-5-3-4-6-8-10-12-14-16-18-20-22-24-26-28-30-32-34-36-38/h3-37H2,1-2H3. The maximum atomic E-state index is 6.40. The Morgan fingerprint density at radius 2 is 0.450 bits per heavy atom. The van der Waals surface area contributed by atoms with E-state index in [1.807, 2.05) is 0 Å². The van der Waals surface area contributed by atoms with E-state index in [2.05, 4.69) is 29.0 Å². The van der Waals surface area contributed by atoms with Gasteiger partial charge in [0.15, 0.2) is 0 Å². The van der Waals surface area contributed by atoms with Gasteiger partial charge in [-0.1, -0.05) is 234 Å². The largest absolute Gasteiger partial charge is 0.168 e. The van der Waals surface area contributed by atoms with Crippen molar-refractivity contribution in [3.63, 3.8) is 0 Å². The summed E-state index contributed by atoms with van der Waals surface area (Å²) in [6.45, 7) is 4.55. The zero-order chi connectivity index (χ0) is 29.2. The van der Waals surface area contributed by atoms with Crippen LogP contribution in [0.5, 0.6) is 0 Å². The summed E-state index contributed by atoms with van der Waals surface area (Å²) in [5.74, 6) is 0. The van der Waals surface area contributed by atoms with Gasteiger partial charge in [0, 0.05) is 5.33 Å². The predicted molar refractivity (Wildman–Crippen MR) is 194 cm³/mol. The van der Waals surface area contributed by atoms with E-state index < -0.39 is 7.38 Å². The molecule has 0 saturated carbocycles. The van der Waals surface area contributed by atoms with Gasteiger partial charge in [0.25, 0.3) is 0 Å². The van der Waals surface area contributed by atoms with Gasteiger partial charge >= 0.3 is 0 Å². The molecule has 0 aliphatic carbocycles. The third kappa shape index (κ3) is 39.0. The van der Waals surface area contributed by atoms with Gasteiger partial charge in [-0.15, -0.1) is 0 Å². The Labute approximate surface area is 269 Å². The summed E-state index contributed by atoms with van der Waals surface area (Å²) < 4.78 is 0. The number of rotatable bonds is 35. The lowest BCUT2D eigenvalue weighted by molar-refractivity contribution is 0.512. The Balaban J connectivity index is 3.04. The van der Waals surface area contributed by atoms with Gasteiger partial charge < -0.3 is 0 Å². The zero-order valence-corrected chi connectivity index (χ0v) is 31.3. The first-order valence-electron chi connectivity index (χ1n) is 18.8. The minimum absolute atomic E-state index is 1.19. The lowest BCUT2D eigenvalue weighted by Crippen LogP contribution is -2.14. The maximum absolute atomic E-state index is 6.40. The molecule has 0 heterocycles. The second kappa shape index (κ2) is 34.5. The molecule has 0 fully saturated rings. The summed E-state index contributed by atoms with van der Waals surface area (Å²) in [5.41, 5.74) is 0. The number of halogens is 2. The Kier molecular flexibility index (Phi) is 35.3. The molecular weight excluding hydrogens is 588 g/mol. The number of hydrogen-bond acceptors (Lipinski definition) is 0. The first kappa shape index (κ1) is 41.0. The van der Waals surface area contributed by atoms with Crippen LogP contribution >= 0.6 is 27.0 Å². The van der Waals surface area contributed by atoms with Crippen molar-refractivity contribution in [3.8, 4) is 0 Å². The smallest absolute Gasteiger partial charge is 0.150 e. The van der Waals surface area contributed by atoms with E-state index in [1.165, 1.54) is 223 Å². The van der Waals surface area contributed by atoms with E-state index >= 15 is 0 Å². The van der Waals surface area contributed by atoms with Crippen LogP contribution in [0.15, 0.2) is 0 Å². The fourth-order valence-corrected chi connectivity index (χ4v) is 8.01. The Hall–Kier alpha value is 0.987. The molecule has 0 radical (unpaired) electrons. The highest BCUT2D eigenvalue weighted by molar-refractivity contribution is 9.09. The van der Waals surface area contributed by atoms with Gasteiger partial charge in [-0.3, -0.25) is 0 Å². The van der Waals surface area contributed by atoms with Crippen molar-refractivity contribution in [2.24, 2.45) is 0 Å². The molecule has 0 aliphatic rings. The lowest BCUT2D eigenvalue weighted by Gasteiger charge is -2.11. The van der Waals surface area contributed by atoms with Crippen LogP contribution in [0.2, 0.25) is 19.1 Å². The normalized spacial score (nSPS) is 12.0. The molecule has 40 heavy (non-hydrogen) atoms. The number of hydrogen-bond donors (Lipinski definition) is 0. The zero-order valence-electron chi connectivity index (χ0n) is 28.0. The average molecular weight is 664 g/mol. The molecule has 0 bridgehead atoms. The summed E-state index contributed by atoms with van der Waals surface area (Å²) in [6, 6.07) is 1.30. The lowest BCUT2D eigenvalue weighted by atomic mass is 10.0. The fourth-order valence-electron chi connectivity index (χ4n) is 6.12. The highest BCUT2D eigenvalue weighted by Gasteiger charge is 2.15. The van der Waals surface area contributed by atoms with Crippen molar-refractivity contribution in [2.75, 3.05) is 5.33 Å². The highest BCUT2D eigenvalue weighted by Crippen LogP contribution is 2.20. The molecule has 0 aromatic carbocycles. The van der Waals surface area contributed by atoms with Crippen LogP contribution in [0.25, 0.3) is 0 Å². The van der Waals surface area contributed by atoms with Crippen molar-refractivity contribution in [3.05, 3.63) is 0 Å². The van der Waals surface area contributed by atoms with Crippen LogP contribution in [-0.4, -0.2) is 12.7 Å². The van der Waals surface area contributed by atoms with Crippen LogP contribution in [-0.2, 0) is 0 Å². The van der Waals surface area contributed by atoms with Crippen LogP contribution < -0.4 is 0 Å². The molecule has 0 rings (SSSR count). The fraction of sp³-hybridized carbons (Fsp3) is 1.00. The minimum Gasteiger partial charge on any atom is -0.168 e. The first-order chi connectivity index (χ1) is 19.6. The average Bonchev–Trinajstić information content (AvgIpc) is 2.92. The molecule has 0 N–H and O–H groups in total. The van der Waals surface area contributed by atoms with E-state index in [0.717, 1.165) is 0 Å². The summed E-state index contributed by atoms with van der Waals surface area (Å²) in [5, 5.41) is 1.19. The van der Waals surface area contributed by atoms with Gasteiger partial charge in [-0.05, 0) is 12.5 Å². The molecule has 242 valence electrons. The van der Waals surface area contributed by atoms with Gasteiger partial charge in [0.1, 0.15) is 7.38 Å². The summed E-state index contributed by atoms with van der Waals surface area (Å²) in [6.07, 6.45) is 48.4. The van der Waals surface area contributed by atoms with E-state index in [0.29, 0.717) is 0 Å². The van der Waals surface area contributed by atoms with Gasteiger partial charge in [-0.2, -0.15) is 11.1 Å². The molecule has 0 nitrogen and oxygen atoms in total. The quantitative estimate of drug-likeness (QED) is 0.0274. The number of unbranched alkanes of at least 4 members (excludes halogenated alkanes) is 32. The van der Waals surface area contributed by atoms with Gasteiger partial charge in [0.2, 0.25) is 0 Å². The molecule has 0 amide bonds. The van der Waals surface area contributed by atoms with E-state index in [9.17, 15) is 0 Å². The van der Waals surface area contributed by atoms with Gasteiger partial charge in [0.05, 0.1) is 0 Å². The van der Waals surface area contributed by atoms with Crippen LogP contribution in [0, 0.1) is 0 Å². The molecule has 0 aromatic rings. The molecule has 0 atom stereocenters. The number of alkyl halides is 1. The van der Waals surface area contributed by atoms with E-state index in [1.54, 1.807) is 0 Å². The van der Waals surface area contributed by atoms with Crippen LogP contribution in [0.1, 0.15) is 212 Å². The van der Waals surface area contributed by atoms with Crippen molar-refractivity contribution >= 4 is 34.4 Å². The SMILES string of the molecule is C[Si](C)(Cl)CCCCCCCCCCCCCCCCCCCCCCCCCCCCCCCCCCCBr. The molecule has 0 spiro atoms. The maximum Gasteiger partial charge on any atom is 0.150 e. The summed E-state index contributed by atoms with van der Waals surface area (Å²) in [7, 11) is -1.31. The molecule has 3 heteroatoms. The molecule has 0 aliphatic heterocycles. The predicted octanol–water partition coefficient (Wildman–Crippen LogP) is 15.7. The molecular formula is C37H76BrClSi. The van der Waals surface area contributed by atoms with E-state index in [-0.39, 0.29) is 0 Å².